The number of aliphatic hydroxyl groups is 2. The van der Waals surface area contributed by atoms with E-state index in [1.807, 2.05) is 0 Å². The summed E-state index contributed by atoms with van der Waals surface area (Å²) in [5, 5.41) is 19.2. The minimum absolute atomic E-state index is 0.0475. The van der Waals surface area contributed by atoms with Gasteiger partial charge in [0, 0.05) is 6.61 Å². The van der Waals surface area contributed by atoms with E-state index in [1.165, 1.54) is 13.8 Å². The molecule has 0 heterocycles. The van der Waals surface area contributed by atoms with Crippen molar-refractivity contribution in [3.63, 3.8) is 0 Å². The fraction of sp³-hybridized carbons (Fsp3) is 0.462. The van der Waals surface area contributed by atoms with Crippen LogP contribution in [0.1, 0.15) is 25.0 Å². The Bertz CT molecular complexity index is 410. The number of Topliss-reactive ketones (excluding diaryl/α,β-unsaturated/α-hetero) is 1. The van der Waals surface area contributed by atoms with E-state index in [4.69, 9.17) is 9.84 Å². The smallest absolute Gasteiger partial charge is 0.165 e. The van der Waals surface area contributed by atoms with E-state index in [0.29, 0.717) is 23.3 Å². The van der Waals surface area contributed by atoms with Gasteiger partial charge < -0.3 is 14.9 Å². The van der Waals surface area contributed by atoms with Crippen molar-refractivity contribution in [2.24, 2.45) is 0 Å². The number of rotatable bonds is 5. The van der Waals surface area contributed by atoms with Crippen LogP contribution < -0.4 is 4.74 Å². The molecule has 0 spiro atoms. The Hall–Kier alpha value is -1.39. The van der Waals surface area contributed by atoms with Gasteiger partial charge in [-0.2, -0.15) is 0 Å². The third-order valence-electron chi connectivity index (χ3n) is 2.90. The topological polar surface area (TPSA) is 66.8 Å². The van der Waals surface area contributed by atoms with Crippen molar-refractivity contribution in [3.8, 4) is 5.75 Å². The van der Waals surface area contributed by atoms with Gasteiger partial charge in [-0.15, -0.1) is 0 Å². The summed E-state index contributed by atoms with van der Waals surface area (Å²) in [6.07, 6.45) is 0.371. The number of methoxy groups -OCH3 is 1. The maximum atomic E-state index is 11.4. The largest absolute Gasteiger partial charge is 0.497 e. The molecular formula is C13H18O4. The van der Waals surface area contributed by atoms with Gasteiger partial charge >= 0.3 is 0 Å². The predicted octanol–water partition coefficient (Wildman–Crippen LogP) is 1.03. The van der Waals surface area contributed by atoms with Crippen LogP contribution in [0.25, 0.3) is 0 Å². The maximum Gasteiger partial charge on any atom is 0.165 e. The standard InChI is InChI=1S/C13H18O4/c1-9(15)13(2,16)12-5-4-11(17-3)8-10(12)6-7-14/h4-5,8,14,16H,6-7H2,1-3H3. The number of ether oxygens (including phenoxy) is 1. The molecule has 1 aromatic carbocycles. The van der Waals surface area contributed by atoms with Crippen molar-refractivity contribution >= 4 is 5.78 Å². The molecule has 0 radical (unpaired) electrons. The van der Waals surface area contributed by atoms with Crippen LogP contribution in [-0.2, 0) is 16.8 Å². The third kappa shape index (κ3) is 2.84. The van der Waals surface area contributed by atoms with Gasteiger partial charge in [0.25, 0.3) is 0 Å². The van der Waals surface area contributed by atoms with Crippen LogP contribution in [0.15, 0.2) is 18.2 Å². The molecule has 0 amide bonds. The molecule has 1 atom stereocenters. The second-order valence-electron chi connectivity index (χ2n) is 4.13. The molecule has 4 nitrogen and oxygen atoms in total. The molecule has 94 valence electrons. The van der Waals surface area contributed by atoms with Gasteiger partial charge in [0.05, 0.1) is 7.11 Å². The van der Waals surface area contributed by atoms with E-state index in [-0.39, 0.29) is 12.4 Å². The van der Waals surface area contributed by atoms with Crippen LogP contribution in [0, 0.1) is 0 Å². The molecule has 0 aliphatic heterocycles. The van der Waals surface area contributed by atoms with Crippen molar-refractivity contribution in [2.75, 3.05) is 13.7 Å². The van der Waals surface area contributed by atoms with E-state index < -0.39 is 5.60 Å². The fourth-order valence-corrected chi connectivity index (χ4v) is 1.69. The lowest BCUT2D eigenvalue weighted by molar-refractivity contribution is -0.134. The minimum Gasteiger partial charge on any atom is -0.497 e. The molecule has 0 saturated carbocycles. The number of aliphatic hydroxyl groups excluding tert-OH is 1. The summed E-state index contributed by atoms with van der Waals surface area (Å²) in [7, 11) is 1.54. The number of carbonyl (C=O) groups is 1. The molecule has 0 fully saturated rings. The van der Waals surface area contributed by atoms with Gasteiger partial charge in [-0.3, -0.25) is 4.79 Å². The van der Waals surface area contributed by atoms with Gasteiger partial charge in [-0.05, 0) is 43.5 Å². The number of benzene rings is 1. The average Bonchev–Trinajstić information content (AvgIpc) is 2.28. The Kier molecular flexibility index (Phi) is 4.26. The molecule has 2 N–H and O–H groups in total. The maximum absolute atomic E-state index is 11.4. The molecule has 1 unspecified atom stereocenters. The van der Waals surface area contributed by atoms with Gasteiger partial charge in [0.2, 0.25) is 0 Å². The van der Waals surface area contributed by atoms with Crippen molar-refractivity contribution < 1.29 is 19.7 Å². The van der Waals surface area contributed by atoms with Crippen molar-refractivity contribution in [1.29, 1.82) is 0 Å². The van der Waals surface area contributed by atoms with Crippen LogP contribution in [0.4, 0.5) is 0 Å². The Morgan fingerprint density at radius 3 is 2.59 bits per heavy atom. The minimum atomic E-state index is -1.53. The molecule has 4 heteroatoms. The fourth-order valence-electron chi connectivity index (χ4n) is 1.69. The molecule has 1 rings (SSSR count). The first-order chi connectivity index (χ1) is 7.93. The van der Waals surface area contributed by atoms with Crippen LogP contribution in [0.3, 0.4) is 0 Å². The highest BCUT2D eigenvalue weighted by Gasteiger charge is 2.30. The normalized spacial score (nSPS) is 14.2. The van der Waals surface area contributed by atoms with Crippen molar-refractivity contribution in [1.82, 2.24) is 0 Å². The van der Waals surface area contributed by atoms with Gasteiger partial charge in [-0.1, -0.05) is 6.07 Å². The first kappa shape index (κ1) is 13.7. The summed E-state index contributed by atoms with van der Waals surface area (Å²) < 4.78 is 5.08. The SMILES string of the molecule is COc1ccc(C(C)(O)C(C)=O)c(CCO)c1. The molecule has 17 heavy (non-hydrogen) atoms. The Balaban J connectivity index is 3.27. The van der Waals surface area contributed by atoms with E-state index in [9.17, 15) is 9.90 Å². The van der Waals surface area contributed by atoms with Crippen LogP contribution in [0.5, 0.6) is 5.75 Å². The molecule has 0 aromatic heterocycles. The highest BCUT2D eigenvalue weighted by Crippen LogP contribution is 2.28. The summed E-state index contributed by atoms with van der Waals surface area (Å²) in [6, 6.07) is 5.07. The van der Waals surface area contributed by atoms with Gasteiger partial charge in [0.15, 0.2) is 5.78 Å². The van der Waals surface area contributed by atoms with Gasteiger partial charge in [0.1, 0.15) is 11.4 Å². The zero-order valence-corrected chi connectivity index (χ0v) is 10.4. The van der Waals surface area contributed by atoms with E-state index >= 15 is 0 Å². The van der Waals surface area contributed by atoms with Crippen LogP contribution in [0.2, 0.25) is 0 Å². The number of carbonyl (C=O) groups excluding carboxylic acids is 1. The molecule has 1 aromatic rings. The second kappa shape index (κ2) is 5.29. The summed E-state index contributed by atoms with van der Waals surface area (Å²) in [6.45, 7) is 2.75. The lowest BCUT2D eigenvalue weighted by atomic mass is 9.87. The monoisotopic (exact) mass is 238 g/mol. The molecule has 0 saturated heterocycles. The number of ketones is 1. The number of hydrogen-bond donors (Lipinski definition) is 2. The highest BCUT2D eigenvalue weighted by atomic mass is 16.5. The van der Waals surface area contributed by atoms with E-state index in [2.05, 4.69) is 0 Å². The van der Waals surface area contributed by atoms with Gasteiger partial charge in [-0.25, -0.2) is 0 Å². The van der Waals surface area contributed by atoms with E-state index in [0.717, 1.165) is 0 Å². The molecular weight excluding hydrogens is 220 g/mol. The average molecular weight is 238 g/mol. The summed E-state index contributed by atoms with van der Waals surface area (Å²) in [4.78, 5) is 11.4. The summed E-state index contributed by atoms with van der Waals surface area (Å²) in [5.41, 5.74) is -0.302. The quantitative estimate of drug-likeness (QED) is 0.804. The summed E-state index contributed by atoms with van der Waals surface area (Å²) in [5.74, 6) is 0.304. The number of hydrogen-bond acceptors (Lipinski definition) is 4. The molecule has 0 aliphatic rings. The highest BCUT2D eigenvalue weighted by molar-refractivity contribution is 5.86. The Morgan fingerprint density at radius 2 is 2.12 bits per heavy atom. The summed E-state index contributed by atoms with van der Waals surface area (Å²) >= 11 is 0. The van der Waals surface area contributed by atoms with Crippen molar-refractivity contribution in [3.05, 3.63) is 29.3 Å². The van der Waals surface area contributed by atoms with Crippen molar-refractivity contribution in [2.45, 2.75) is 25.9 Å². The van der Waals surface area contributed by atoms with Crippen LogP contribution in [-0.4, -0.2) is 29.7 Å². The molecule has 0 bridgehead atoms. The second-order valence-corrected chi connectivity index (χ2v) is 4.13. The first-order valence-corrected chi connectivity index (χ1v) is 5.45. The Morgan fingerprint density at radius 1 is 1.47 bits per heavy atom. The zero-order chi connectivity index (χ0) is 13.1. The van der Waals surface area contributed by atoms with Crippen LogP contribution >= 0.6 is 0 Å². The first-order valence-electron chi connectivity index (χ1n) is 5.45. The Labute approximate surface area is 101 Å². The predicted molar refractivity (Wildman–Crippen MR) is 64.0 cm³/mol. The lowest BCUT2D eigenvalue weighted by Gasteiger charge is -2.24. The zero-order valence-electron chi connectivity index (χ0n) is 10.4. The van der Waals surface area contributed by atoms with E-state index in [1.54, 1.807) is 25.3 Å². The molecule has 0 aliphatic carbocycles. The lowest BCUT2D eigenvalue weighted by Crippen LogP contribution is -2.31. The third-order valence-corrected chi connectivity index (χ3v) is 2.90.